The van der Waals surface area contributed by atoms with E-state index in [-0.39, 0.29) is 0 Å². The molecule has 0 fully saturated rings. The summed E-state index contributed by atoms with van der Waals surface area (Å²) in [4.78, 5) is 3.75. The van der Waals surface area contributed by atoms with Crippen LogP contribution >= 0.6 is 0 Å². The van der Waals surface area contributed by atoms with E-state index in [1.54, 1.807) is 19.4 Å². The van der Waals surface area contributed by atoms with Crippen LogP contribution in [-0.2, 0) is 0 Å². The predicted octanol–water partition coefficient (Wildman–Crippen LogP) is 3.70. The summed E-state index contributed by atoms with van der Waals surface area (Å²) in [5.41, 5.74) is 0. The van der Waals surface area contributed by atoms with Crippen molar-refractivity contribution in [2.24, 2.45) is 0 Å². The normalized spacial score (nSPS) is 7.64. The molecule has 0 atom stereocenters. The number of aromatic nitrogens is 1. The maximum atomic E-state index is 4.72. The molecule has 0 saturated carbocycles. The van der Waals surface area contributed by atoms with Crippen molar-refractivity contribution in [3.05, 3.63) is 54.7 Å². The highest BCUT2D eigenvalue weighted by atomic mass is 16.3. The number of hydrogen-bond donors (Lipinski definition) is 0. The molecule has 1 heterocycles. The minimum atomic E-state index is 0.718. The fraction of sp³-hybridized carbons (Fsp3) is 0.250. The highest BCUT2D eigenvalue weighted by molar-refractivity contribution is 4.99. The first-order chi connectivity index (χ1) is 6.89. The average Bonchev–Trinajstić information content (AvgIpc) is 2.76. The lowest BCUT2D eigenvalue weighted by atomic mass is 10.4. The zero-order valence-electron chi connectivity index (χ0n) is 8.97. The standard InChI is InChI=1S/C6H6.C4H5NO.C2H6/c1-2-4-6-5-3-1;1-4-5-2-3-6-4;1-2/h1-6H;2-3H,1H3;1-2H3. The molecule has 2 aromatic rings. The fourth-order valence-electron chi connectivity index (χ4n) is 0.680. The van der Waals surface area contributed by atoms with Crippen molar-refractivity contribution >= 4 is 0 Å². The highest BCUT2D eigenvalue weighted by Crippen LogP contribution is 1.86. The molecular formula is C12H17NO. The monoisotopic (exact) mass is 191 g/mol. The number of hydrogen-bond acceptors (Lipinski definition) is 2. The van der Waals surface area contributed by atoms with Gasteiger partial charge in [0.2, 0.25) is 0 Å². The Balaban J connectivity index is 0.000000206. The summed E-state index contributed by atoms with van der Waals surface area (Å²) >= 11 is 0. The summed E-state index contributed by atoms with van der Waals surface area (Å²) in [6, 6.07) is 12.0. The molecule has 0 aliphatic carbocycles. The third kappa shape index (κ3) is 7.10. The number of oxazole rings is 1. The van der Waals surface area contributed by atoms with Gasteiger partial charge in [-0.15, -0.1) is 0 Å². The number of benzene rings is 1. The molecule has 0 aliphatic rings. The molecule has 1 aromatic carbocycles. The molecule has 0 aliphatic heterocycles. The lowest BCUT2D eigenvalue weighted by molar-refractivity contribution is 0.521. The summed E-state index contributed by atoms with van der Waals surface area (Å²) in [6.45, 7) is 5.81. The van der Waals surface area contributed by atoms with Gasteiger partial charge in [0.1, 0.15) is 6.26 Å². The van der Waals surface area contributed by atoms with Crippen LogP contribution in [0.3, 0.4) is 0 Å². The van der Waals surface area contributed by atoms with Crippen molar-refractivity contribution in [3.8, 4) is 0 Å². The SMILES string of the molecule is CC.Cc1ncco1.c1ccccc1. The second kappa shape index (κ2) is 9.52. The van der Waals surface area contributed by atoms with Gasteiger partial charge < -0.3 is 4.42 Å². The smallest absolute Gasteiger partial charge is 0.190 e. The largest absolute Gasteiger partial charge is 0.449 e. The Morgan fingerprint density at radius 3 is 1.50 bits per heavy atom. The van der Waals surface area contributed by atoms with Gasteiger partial charge in [0.05, 0.1) is 6.20 Å². The lowest BCUT2D eigenvalue weighted by Gasteiger charge is -1.69. The molecule has 1 aromatic heterocycles. The average molecular weight is 191 g/mol. The molecular weight excluding hydrogens is 174 g/mol. The number of aryl methyl sites for hydroxylation is 1. The Hall–Kier alpha value is -1.57. The third-order valence-electron chi connectivity index (χ3n) is 1.22. The maximum absolute atomic E-state index is 4.72. The van der Waals surface area contributed by atoms with Gasteiger partial charge >= 0.3 is 0 Å². The summed E-state index contributed by atoms with van der Waals surface area (Å²) in [6.07, 6.45) is 3.17. The van der Waals surface area contributed by atoms with Gasteiger partial charge in [-0.1, -0.05) is 50.2 Å². The van der Waals surface area contributed by atoms with Crippen LogP contribution in [0.5, 0.6) is 0 Å². The van der Waals surface area contributed by atoms with Crippen LogP contribution in [0.1, 0.15) is 19.7 Å². The maximum Gasteiger partial charge on any atom is 0.190 e. The Kier molecular flexibility index (Phi) is 8.45. The fourth-order valence-corrected chi connectivity index (χ4v) is 0.680. The molecule has 2 nitrogen and oxygen atoms in total. The van der Waals surface area contributed by atoms with Crippen LogP contribution in [0.2, 0.25) is 0 Å². The van der Waals surface area contributed by atoms with E-state index in [0.29, 0.717) is 0 Å². The van der Waals surface area contributed by atoms with E-state index in [4.69, 9.17) is 4.42 Å². The second-order valence-corrected chi connectivity index (χ2v) is 2.21. The molecule has 0 unspecified atom stereocenters. The van der Waals surface area contributed by atoms with Gasteiger partial charge in [-0.05, 0) is 0 Å². The van der Waals surface area contributed by atoms with E-state index >= 15 is 0 Å². The van der Waals surface area contributed by atoms with E-state index in [0.717, 1.165) is 5.89 Å². The summed E-state index contributed by atoms with van der Waals surface area (Å²) in [7, 11) is 0. The number of nitrogens with zero attached hydrogens (tertiary/aromatic N) is 1. The quantitative estimate of drug-likeness (QED) is 0.634. The van der Waals surface area contributed by atoms with Gasteiger partial charge in [-0.25, -0.2) is 4.98 Å². The molecule has 0 bridgehead atoms. The molecule has 0 amide bonds. The Bertz CT molecular complexity index is 250. The van der Waals surface area contributed by atoms with Crippen molar-refractivity contribution in [1.82, 2.24) is 4.98 Å². The first-order valence-corrected chi connectivity index (χ1v) is 4.75. The highest BCUT2D eigenvalue weighted by Gasteiger charge is 1.77. The first-order valence-electron chi connectivity index (χ1n) is 4.75. The van der Waals surface area contributed by atoms with Crippen molar-refractivity contribution in [3.63, 3.8) is 0 Å². The van der Waals surface area contributed by atoms with Gasteiger partial charge in [-0.2, -0.15) is 0 Å². The van der Waals surface area contributed by atoms with E-state index in [1.807, 2.05) is 50.2 Å². The summed E-state index contributed by atoms with van der Waals surface area (Å²) in [5, 5.41) is 0. The van der Waals surface area contributed by atoms with E-state index < -0.39 is 0 Å². The van der Waals surface area contributed by atoms with E-state index in [9.17, 15) is 0 Å². The summed E-state index contributed by atoms with van der Waals surface area (Å²) in [5.74, 6) is 0.718. The minimum Gasteiger partial charge on any atom is -0.449 e. The van der Waals surface area contributed by atoms with Crippen LogP contribution < -0.4 is 0 Å². The molecule has 2 rings (SSSR count). The zero-order chi connectivity index (χ0) is 10.6. The van der Waals surface area contributed by atoms with Gasteiger partial charge in [0.15, 0.2) is 5.89 Å². The topological polar surface area (TPSA) is 26.0 Å². The first kappa shape index (κ1) is 12.4. The predicted molar refractivity (Wildman–Crippen MR) is 59.0 cm³/mol. The van der Waals surface area contributed by atoms with Crippen LogP contribution in [0.25, 0.3) is 0 Å². The second-order valence-electron chi connectivity index (χ2n) is 2.21. The Labute approximate surface area is 85.6 Å². The molecule has 14 heavy (non-hydrogen) atoms. The van der Waals surface area contributed by atoms with Crippen LogP contribution in [-0.4, -0.2) is 4.98 Å². The van der Waals surface area contributed by atoms with Crippen LogP contribution in [0.15, 0.2) is 53.3 Å². The van der Waals surface area contributed by atoms with Crippen molar-refractivity contribution < 1.29 is 4.42 Å². The molecule has 76 valence electrons. The minimum absolute atomic E-state index is 0.718. The third-order valence-corrected chi connectivity index (χ3v) is 1.22. The molecule has 0 spiro atoms. The van der Waals surface area contributed by atoms with Gasteiger partial charge in [0.25, 0.3) is 0 Å². The Morgan fingerprint density at radius 2 is 1.36 bits per heavy atom. The summed E-state index contributed by atoms with van der Waals surface area (Å²) < 4.78 is 4.72. The Morgan fingerprint density at radius 1 is 0.929 bits per heavy atom. The van der Waals surface area contributed by atoms with Gasteiger partial charge in [0, 0.05) is 6.92 Å². The van der Waals surface area contributed by atoms with Gasteiger partial charge in [-0.3, -0.25) is 0 Å². The zero-order valence-corrected chi connectivity index (χ0v) is 8.97. The molecule has 2 heteroatoms. The van der Waals surface area contributed by atoms with Crippen molar-refractivity contribution in [2.75, 3.05) is 0 Å². The lowest BCUT2D eigenvalue weighted by Crippen LogP contribution is -1.59. The van der Waals surface area contributed by atoms with Crippen LogP contribution in [0, 0.1) is 6.92 Å². The van der Waals surface area contributed by atoms with E-state index in [1.165, 1.54) is 0 Å². The van der Waals surface area contributed by atoms with E-state index in [2.05, 4.69) is 4.98 Å². The van der Waals surface area contributed by atoms with Crippen molar-refractivity contribution in [1.29, 1.82) is 0 Å². The molecule has 0 N–H and O–H groups in total. The van der Waals surface area contributed by atoms with Crippen molar-refractivity contribution in [2.45, 2.75) is 20.8 Å². The number of rotatable bonds is 0. The molecule has 0 saturated heterocycles. The van der Waals surface area contributed by atoms with Crippen LogP contribution in [0.4, 0.5) is 0 Å². The molecule has 0 radical (unpaired) electrons.